The number of phosphoric acid groups is 2. The Hall–Kier alpha value is -0.530. The van der Waals surface area contributed by atoms with Gasteiger partial charge in [-0.2, -0.15) is 4.31 Å². The van der Waals surface area contributed by atoms with Crippen molar-refractivity contribution in [3.63, 3.8) is 0 Å². The van der Waals surface area contributed by atoms with E-state index in [9.17, 15) is 13.9 Å². The predicted octanol–water partition coefficient (Wildman–Crippen LogP) is 0.0680. The molecule has 11 heteroatoms. The highest BCUT2D eigenvalue weighted by Crippen LogP contribution is 2.57. The van der Waals surface area contributed by atoms with Crippen LogP contribution < -0.4 is 0 Å². The Labute approximate surface area is 96.5 Å². The van der Waals surface area contributed by atoms with Crippen LogP contribution in [-0.2, 0) is 22.8 Å². The zero-order chi connectivity index (χ0) is 13.7. The van der Waals surface area contributed by atoms with E-state index in [1.54, 1.807) is 0 Å². The van der Waals surface area contributed by atoms with Gasteiger partial charge in [0.2, 0.25) is 0 Å². The van der Waals surface area contributed by atoms with Gasteiger partial charge >= 0.3 is 21.6 Å². The van der Waals surface area contributed by atoms with Gasteiger partial charge in [-0.25, -0.2) is 13.9 Å². The molecule has 9 nitrogen and oxygen atoms in total. The molecule has 0 fully saturated rings. The first-order chi connectivity index (χ1) is 7.57. The summed E-state index contributed by atoms with van der Waals surface area (Å²) < 4.78 is 28.5. The summed E-state index contributed by atoms with van der Waals surface area (Å²) in [4.78, 5) is 36.5. The predicted molar refractivity (Wildman–Crippen MR) is 54.5 cm³/mol. The summed E-state index contributed by atoms with van der Waals surface area (Å²) in [5, 5.41) is 8.45. The lowest BCUT2D eigenvalue weighted by molar-refractivity contribution is -0.131. The Morgan fingerprint density at radius 3 is 2.24 bits per heavy atom. The molecule has 0 amide bonds. The normalized spacial score (nSPS) is 16.4. The summed E-state index contributed by atoms with van der Waals surface area (Å²) in [7, 11) is -10.4. The molecule has 100 valence electrons. The zero-order valence-electron chi connectivity index (χ0n) is 8.72. The third-order valence-corrected chi connectivity index (χ3v) is 3.38. The molecule has 1 atom stereocenters. The number of hydrogen-bond donors (Lipinski definition) is 4. The van der Waals surface area contributed by atoms with Crippen molar-refractivity contribution in [2.75, 3.05) is 6.61 Å². The molecule has 1 unspecified atom stereocenters. The van der Waals surface area contributed by atoms with Crippen LogP contribution in [0.2, 0.25) is 0 Å². The average Bonchev–Trinajstić information content (AvgIpc) is 2.08. The van der Waals surface area contributed by atoms with Crippen LogP contribution in [0.3, 0.4) is 0 Å². The van der Waals surface area contributed by atoms with E-state index in [2.05, 4.69) is 8.83 Å². The number of carbonyl (C=O) groups is 1. The van der Waals surface area contributed by atoms with Crippen LogP contribution in [0.5, 0.6) is 0 Å². The van der Waals surface area contributed by atoms with E-state index >= 15 is 0 Å². The number of aliphatic hydroxyl groups is 1. The summed E-state index contributed by atoms with van der Waals surface area (Å²) >= 11 is 0. The van der Waals surface area contributed by atoms with Crippen molar-refractivity contribution in [1.82, 2.24) is 0 Å². The maximum absolute atomic E-state index is 11.1. The molecule has 4 N–H and O–H groups in total. The number of phosphoric ester groups is 1. The minimum Gasteiger partial charge on any atom is -0.396 e. The van der Waals surface area contributed by atoms with E-state index in [1.807, 2.05) is 0 Å². The van der Waals surface area contributed by atoms with Crippen molar-refractivity contribution in [1.29, 1.82) is 0 Å². The molecule has 0 aliphatic heterocycles. The molecule has 0 aromatic heterocycles. The van der Waals surface area contributed by atoms with E-state index in [1.165, 1.54) is 13.0 Å². The summed E-state index contributed by atoms with van der Waals surface area (Å²) in [5.41, 5.74) is -0.109. The maximum atomic E-state index is 11.1. The number of carbonyl (C=O) groups excluding carboxylic acids is 1. The lowest BCUT2D eigenvalue weighted by Crippen LogP contribution is -2.05. The second-order valence-electron chi connectivity index (χ2n) is 2.82. The number of hydrogen-bond acceptors (Lipinski definition) is 6. The quantitative estimate of drug-likeness (QED) is 0.393. The second kappa shape index (κ2) is 6.42. The van der Waals surface area contributed by atoms with Gasteiger partial charge in [-0.15, -0.1) is 0 Å². The molecule has 0 aromatic rings. The smallest absolute Gasteiger partial charge is 0.396 e. The standard InChI is InChI=1S/C6H12O9P2/c1-5(3-2-4-7)6(8)14-17(12,13)15-16(9,10)11/h3,7H,2,4H2,1H3,(H,12,13)(H2,9,10,11). The first-order valence-electron chi connectivity index (χ1n) is 4.18. The number of rotatable bonds is 6. The van der Waals surface area contributed by atoms with Gasteiger partial charge in [-0.05, 0) is 13.3 Å². The largest absolute Gasteiger partial charge is 0.538 e. The van der Waals surface area contributed by atoms with Crippen LogP contribution in [0, 0.1) is 0 Å². The van der Waals surface area contributed by atoms with Crippen LogP contribution in [-0.4, -0.2) is 32.4 Å². The first-order valence-corrected chi connectivity index (χ1v) is 7.21. The molecule has 0 spiro atoms. The topological polar surface area (TPSA) is 151 Å². The highest BCUT2D eigenvalue weighted by atomic mass is 31.3. The van der Waals surface area contributed by atoms with Gasteiger partial charge < -0.3 is 19.4 Å². The molecule has 0 bridgehead atoms. The van der Waals surface area contributed by atoms with Crippen molar-refractivity contribution in [3.05, 3.63) is 11.6 Å². The van der Waals surface area contributed by atoms with Gasteiger partial charge in [0.25, 0.3) is 0 Å². The minimum atomic E-state index is -5.24. The van der Waals surface area contributed by atoms with Crippen LogP contribution in [0.25, 0.3) is 0 Å². The van der Waals surface area contributed by atoms with Gasteiger partial charge in [0, 0.05) is 12.2 Å². The minimum absolute atomic E-state index is 0.109. The van der Waals surface area contributed by atoms with Gasteiger partial charge in [0.05, 0.1) is 0 Å². The van der Waals surface area contributed by atoms with Crippen LogP contribution in [0.15, 0.2) is 11.6 Å². The van der Waals surface area contributed by atoms with Crippen LogP contribution in [0.4, 0.5) is 0 Å². The van der Waals surface area contributed by atoms with E-state index in [0.717, 1.165) is 0 Å². The van der Waals surface area contributed by atoms with Crippen LogP contribution in [0.1, 0.15) is 13.3 Å². The highest BCUT2D eigenvalue weighted by Gasteiger charge is 2.35. The molecule has 0 aliphatic rings. The van der Waals surface area contributed by atoms with E-state index in [0.29, 0.717) is 0 Å². The van der Waals surface area contributed by atoms with Gasteiger partial charge in [-0.1, -0.05) is 6.08 Å². The summed E-state index contributed by atoms with van der Waals surface area (Å²) in [6.07, 6.45) is 1.34. The zero-order valence-corrected chi connectivity index (χ0v) is 10.5. The lowest BCUT2D eigenvalue weighted by atomic mass is 10.2. The van der Waals surface area contributed by atoms with Crippen molar-refractivity contribution >= 4 is 21.6 Å². The fourth-order valence-corrected chi connectivity index (χ4v) is 2.25. The van der Waals surface area contributed by atoms with Gasteiger partial charge in [0.1, 0.15) is 0 Å². The summed E-state index contributed by atoms with van der Waals surface area (Å²) in [6, 6.07) is 0. The number of aliphatic hydroxyl groups excluding tert-OH is 1. The molecular weight excluding hydrogens is 278 g/mol. The fraction of sp³-hybridized carbons (Fsp3) is 0.500. The van der Waals surface area contributed by atoms with Crippen molar-refractivity contribution in [3.8, 4) is 0 Å². The molecule has 0 rings (SSSR count). The Bertz CT molecular complexity index is 394. The Kier molecular flexibility index (Phi) is 6.22. The molecule has 0 aromatic carbocycles. The van der Waals surface area contributed by atoms with Crippen molar-refractivity contribution < 1.29 is 42.5 Å². The monoisotopic (exact) mass is 290 g/mol. The SMILES string of the molecule is CC(=CCCO)C(=O)OP(=O)(O)OP(=O)(O)O. The molecule has 0 heterocycles. The third kappa shape index (κ3) is 8.23. The lowest BCUT2D eigenvalue weighted by Gasteiger charge is -2.11. The molecule has 0 aliphatic carbocycles. The molecule has 0 radical (unpaired) electrons. The van der Waals surface area contributed by atoms with E-state index in [4.69, 9.17) is 19.8 Å². The second-order valence-corrected chi connectivity index (χ2v) is 5.57. The van der Waals surface area contributed by atoms with Gasteiger partial charge in [0.15, 0.2) is 0 Å². The first kappa shape index (κ1) is 16.5. The third-order valence-electron chi connectivity index (χ3n) is 1.31. The van der Waals surface area contributed by atoms with E-state index < -0.39 is 21.6 Å². The highest BCUT2D eigenvalue weighted by molar-refractivity contribution is 7.61. The fourth-order valence-electron chi connectivity index (χ4n) is 0.692. The average molecular weight is 290 g/mol. The summed E-state index contributed by atoms with van der Waals surface area (Å²) in [6.45, 7) is 0.996. The maximum Gasteiger partial charge on any atom is 0.538 e. The molecule has 0 saturated heterocycles. The van der Waals surface area contributed by atoms with E-state index in [-0.39, 0.29) is 18.6 Å². The Morgan fingerprint density at radius 1 is 1.29 bits per heavy atom. The van der Waals surface area contributed by atoms with Crippen LogP contribution >= 0.6 is 15.6 Å². The summed E-state index contributed by atoms with van der Waals surface area (Å²) in [5.74, 6) is -1.28. The van der Waals surface area contributed by atoms with Crippen molar-refractivity contribution in [2.45, 2.75) is 13.3 Å². The Balaban J connectivity index is 4.58. The molecular formula is C6H12O9P2. The van der Waals surface area contributed by atoms with Crippen molar-refractivity contribution in [2.24, 2.45) is 0 Å². The molecule has 0 saturated carbocycles. The Morgan fingerprint density at radius 2 is 1.82 bits per heavy atom. The molecule has 17 heavy (non-hydrogen) atoms. The van der Waals surface area contributed by atoms with Gasteiger partial charge in [-0.3, -0.25) is 4.89 Å².